The molecule has 79 heavy (non-hydrogen) atoms. The molecule has 0 amide bonds. The second kappa shape index (κ2) is 65.5. The van der Waals surface area contributed by atoms with Crippen LogP contribution in [0.2, 0.25) is 0 Å². The van der Waals surface area contributed by atoms with Crippen molar-refractivity contribution >= 4 is 17.9 Å². The number of rotatable bonds is 56. The van der Waals surface area contributed by atoms with Crippen molar-refractivity contribution in [1.29, 1.82) is 0 Å². The van der Waals surface area contributed by atoms with E-state index in [2.05, 4.69) is 167 Å². The molecule has 6 nitrogen and oxygen atoms in total. The van der Waals surface area contributed by atoms with Gasteiger partial charge in [-0.1, -0.05) is 269 Å². The summed E-state index contributed by atoms with van der Waals surface area (Å²) in [6.07, 6.45) is 95.4. The monoisotopic (exact) mass is 1090 g/mol. The SMILES string of the molecule is CC/C=C\C/C=C\C/C=C\C/C=C\C/C=C\C/C=C\CCCCCCCCC(=O)OCC(COC(=O)CC/C=C\C/C=C\C/C=C\C/C=C\CC)OC(=O)CCCCCCCCCC/C=C\C/C=C\C/C=C\CCCCCCC. The molecule has 6 heteroatoms. The molecule has 0 aliphatic carbocycles. The van der Waals surface area contributed by atoms with Crippen LogP contribution < -0.4 is 0 Å². The van der Waals surface area contributed by atoms with Gasteiger partial charge in [-0.3, -0.25) is 14.4 Å². The standard InChI is InChI=1S/C73H116O6/c1-4-7-10-13-16-19-22-25-27-29-31-33-35-36-38-39-41-43-45-48-51-54-57-60-63-66-72(75)78-69-70(68-77-71(74)65-62-59-56-53-50-47-24-21-18-15-12-9-6-3)79-73(76)67-64-61-58-55-52-49-46-44-42-40-37-34-32-30-28-26-23-20-17-14-11-8-5-2/h7,9-10,12,16,18-19,21,23,25-27,30-33,36-38,40-41,43,47,50,56,59,70H,4-6,8,11,13-15,17,20,22,24,28-29,34-35,39,42,44-46,48-49,51-55,57-58,60-69H2,1-3H3/b10-7-,12-9-,19-16-,21-18-,26-23-,27-25-,32-30-,33-31-,38-36-,40-37-,43-41-,50-47-,59-56-. The van der Waals surface area contributed by atoms with Crippen LogP contribution in [0.4, 0.5) is 0 Å². The Bertz CT molecular complexity index is 1780. The number of unbranched alkanes of at least 4 members (excludes halogenated alkanes) is 19. The maximum atomic E-state index is 12.9. The summed E-state index contributed by atoms with van der Waals surface area (Å²) in [7, 11) is 0. The third-order valence-corrected chi connectivity index (χ3v) is 13.0. The molecular weight excluding hydrogens is 973 g/mol. The van der Waals surface area contributed by atoms with Crippen LogP contribution in [0.1, 0.15) is 265 Å². The number of ether oxygens (including phenoxy) is 3. The average Bonchev–Trinajstić information content (AvgIpc) is 3.45. The van der Waals surface area contributed by atoms with Crippen LogP contribution in [0, 0.1) is 0 Å². The van der Waals surface area contributed by atoms with Crippen molar-refractivity contribution in [3.05, 3.63) is 158 Å². The van der Waals surface area contributed by atoms with Crippen molar-refractivity contribution in [2.45, 2.75) is 271 Å². The third kappa shape index (κ3) is 63.7. The highest BCUT2D eigenvalue weighted by Gasteiger charge is 2.19. The minimum atomic E-state index is -0.827. The first-order valence-electron chi connectivity index (χ1n) is 32.0. The molecule has 0 aromatic carbocycles. The van der Waals surface area contributed by atoms with Gasteiger partial charge in [0.15, 0.2) is 6.10 Å². The van der Waals surface area contributed by atoms with E-state index in [1.54, 1.807) is 0 Å². The molecule has 1 unspecified atom stereocenters. The van der Waals surface area contributed by atoms with Crippen LogP contribution in [-0.4, -0.2) is 37.2 Å². The zero-order valence-corrected chi connectivity index (χ0v) is 50.8. The zero-order chi connectivity index (χ0) is 57.1. The molecule has 0 aromatic rings. The minimum absolute atomic E-state index is 0.118. The average molecular weight is 1090 g/mol. The Balaban J connectivity index is 4.46. The summed E-state index contributed by atoms with van der Waals surface area (Å²) >= 11 is 0. The van der Waals surface area contributed by atoms with Gasteiger partial charge < -0.3 is 14.2 Å². The van der Waals surface area contributed by atoms with Gasteiger partial charge in [-0.05, 0) is 135 Å². The number of carbonyl (C=O) groups excluding carboxylic acids is 3. The Morgan fingerprint density at radius 3 is 0.848 bits per heavy atom. The first-order chi connectivity index (χ1) is 39.0. The fourth-order valence-electron chi connectivity index (χ4n) is 8.29. The van der Waals surface area contributed by atoms with Gasteiger partial charge in [0.25, 0.3) is 0 Å². The second-order valence-corrected chi connectivity index (χ2v) is 20.5. The Morgan fingerprint density at radius 1 is 0.266 bits per heavy atom. The number of esters is 3. The van der Waals surface area contributed by atoms with Crippen molar-refractivity contribution in [3.8, 4) is 0 Å². The van der Waals surface area contributed by atoms with Crippen LogP contribution >= 0.6 is 0 Å². The van der Waals surface area contributed by atoms with E-state index in [1.807, 2.05) is 12.2 Å². The fraction of sp³-hybridized carbons (Fsp3) is 0.603. The molecule has 0 fully saturated rings. The van der Waals surface area contributed by atoms with Crippen molar-refractivity contribution in [1.82, 2.24) is 0 Å². The molecule has 0 heterocycles. The molecule has 444 valence electrons. The van der Waals surface area contributed by atoms with Gasteiger partial charge in [-0.2, -0.15) is 0 Å². The Labute approximate surface area is 486 Å². The first kappa shape index (κ1) is 74.0. The van der Waals surface area contributed by atoms with Gasteiger partial charge in [0.1, 0.15) is 13.2 Å². The Kier molecular flexibility index (Phi) is 61.4. The number of hydrogen-bond donors (Lipinski definition) is 0. The van der Waals surface area contributed by atoms with E-state index in [0.717, 1.165) is 135 Å². The summed E-state index contributed by atoms with van der Waals surface area (Å²) in [5.74, 6) is -1.03. The van der Waals surface area contributed by atoms with Crippen LogP contribution in [0.3, 0.4) is 0 Å². The predicted octanol–water partition coefficient (Wildman–Crippen LogP) is 22.1. The topological polar surface area (TPSA) is 78.9 Å². The molecule has 0 aliphatic heterocycles. The lowest BCUT2D eigenvalue weighted by atomic mass is 10.1. The van der Waals surface area contributed by atoms with Gasteiger partial charge >= 0.3 is 17.9 Å². The lowest BCUT2D eigenvalue weighted by Gasteiger charge is -2.18. The summed E-state index contributed by atoms with van der Waals surface area (Å²) in [6.45, 7) is 6.31. The van der Waals surface area contributed by atoms with Crippen molar-refractivity contribution < 1.29 is 28.6 Å². The molecule has 0 aliphatic rings. The molecule has 0 bridgehead atoms. The summed E-state index contributed by atoms with van der Waals surface area (Å²) in [6, 6.07) is 0. The molecule has 0 saturated heterocycles. The van der Waals surface area contributed by atoms with E-state index in [4.69, 9.17) is 14.2 Å². The lowest BCUT2D eigenvalue weighted by Crippen LogP contribution is -2.30. The Hall–Kier alpha value is -4.97. The van der Waals surface area contributed by atoms with Gasteiger partial charge in [-0.25, -0.2) is 0 Å². The van der Waals surface area contributed by atoms with E-state index in [1.165, 1.54) is 83.5 Å². The molecule has 0 radical (unpaired) electrons. The number of carbonyl (C=O) groups is 3. The molecular formula is C73H116O6. The predicted molar refractivity (Wildman–Crippen MR) is 343 cm³/mol. The quantitative estimate of drug-likeness (QED) is 0.0261. The van der Waals surface area contributed by atoms with Crippen molar-refractivity contribution in [2.24, 2.45) is 0 Å². The van der Waals surface area contributed by atoms with Gasteiger partial charge in [0.2, 0.25) is 0 Å². The van der Waals surface area contributed by atoms with E-state index in [-0.39, 0.29) is 37.5 Å². The van der Waals surface area contributed by atoms with Crippen LogP contribution in [0.15, 0.2) is 158 Å². The molecule has 0 aromatic heterocycles. The molecule has 0 spiro atoms. The lowest BCUT2D eigenvalue weighted by molar-refractivity contribution is -0.166. The van der Waals surface area contributed by atoms with Gasteiger partial charge in [-0.15, -0.1) is 0 Å². The summed E-state index contributed by atoms with van der Waals surface area (Å²) in [5, 5.41) is 0. The van der Waals surface area contributed by atoms with Crippen molar-refractivity contribution in [2.75, 3.05) is 13.2 Å². The zero-order valence-electron chi connectivity index (χ0n) is 50.8. The van der Waals surface area contributed by atoms with Gasteiger partial charge in [0.05, 0.1) is 0 Å². The van der Waals surface area contributed by atoms with Crippen molar-refractivity contribution in [3.63, 3.8) is 0 Å². The van der Waals surface area contributed by atoms with E-state index in [0.29, 0.717) is 19.3 Å². The molecule has 0 N–H and O–H groups in total. The largest absolute Gasteiger partial charge is 0.462 e. The first-order valence-corrected chi connectivity index (χ1v) is 32.0. The summed E-state index contributed by atoms with van der Waals surface area (Å²) in [4.78, 5) is 38.3. The minimum Gasteiger partial charge on any atom is -0.462 e. The number of hydrogen-bond acceptors (Lipinski definition) is 6. The highest BCUT2D eigenvalue weighted by Crippen LogP contribution is 2.14. The Morgan fingerprint density at radius 2 is 0.519 bits per heavy atom. The maximum absolute atomic E-state index is 12.9. The van der Waals surface area contributed by atoms with E-state index >= 15 is 0 Å². The fourth-order valence-corrected chi connectivity index (χ4v) is 8.29. The smallest absolute Gasteiger partial charge is 0.306 e. The third-order valence-electron chi connectivity index (χ3n) is 13.0. The van der Waals surface area contributed by atoms with Crippen LogP contribution in [0.5, 0.6) is 0 Å². The molecule has 1 atom stereocenters. The van der Waals surface area contributed by atoms with Gasteiger partial charge in [0, 0.05) is 19.3 Å². The van der Waals surface area contributed by atoms with E-state index < -0.39 is 6.10 Å². The normalized spacial score (nSPS) is 13.2. The van der Waals surface area contributed by atoms with Crippen LogP contribution in [-0.2, 0) is 28.6 Å². The highest BCUT2D eigenvalue weighted by molar-refractivity contribution is 5.71. The van der Waals surface area contributed by atoms with E-state index in [9.17, 15) is 14.4 Å². The molecule has 0 rings (SSSR count). The summed E-state index contributed by atoms with van der Waals surface area (Å²) in [5.41, 5.74) is 0. The molecule has 0 saturated carbocycles. The van der Waals surface area contributed by atoms with Crippen LogP contribution in [0.25, 0.3) is 0 Å². The number of allylic oxidation sites excluding steroid dienone is 26. The highest BCUT2D eigenvalue weighted by atomic mass is 16.6. The second-order valence-electron chi connectivity index (χ2n) is 20.5. The summed E-state index contributed by atoms with van der Waals surface area (Å²) < 4.78 is 16.8. The maximum Gasteiger partial charge on any atom is 0.306 e.